The van der Waals surface area contributed by atoms with Gasteiger partial charge in [0.25, 0.3) is 5.91 Å². The van der Waals surface area contributed by atoms with E-state index in [2.05, 4.69) is 20.8 Å². The number of rotatable bonds is 4. The first-order valence-corrected chi connectivity index (χ1v) is 9.36. The molecule has 4 rings (SSSR count). The lowest BCUT2D eigenvalue weighted by Crippen LogP contribution is -2.32. The molecule has 3 N–H and O–H groups in total. The zero-order valence-corrected chi connectivity index (χ0v) is 16.0. The second-order valence-electron chi connectivity index (χ2n) is 6.70. The Morgan fingerprint density at radius 3 is 2.89 bits per heavy atom. The highest BCUT2D eigenvalue weighted by Gasteiger charge is 2.20. The Morgan fingerprint density at radius 1 is 1.32 bits per heavy atom. The lowest BCUT2D eigenvalue weighted by molar-refractivity contribution is 0.0948. The molecule has 1 aliphatic rings. The molecule has 0 saturated heterocycles. The molecule has 2 aromatic heterocycles. The average molecular weight is 399 g/mol. The van der Waals surface area contributed by atoms with Crippen molar-refractivity contribution in [2.45, 2.75) is 26.4 Å². The van der Waals surface area contributed by atoms with Crippen molar-refractivity contribution in [3.63, 3.8) is 0 Å². The largest absolute Gasteiger partial charge is 0.356 e. The molecule has 0 bridgehead atoms. The lowest BCUT2D eigenvalue weighted by atomic mass is 10.0. The van der Waals surface area contributed by atoms with E-state index in [4.69, 9.17) is 16.1 Å². The number of aromatic amines is 1. The first-order chi connectivity index (χ1) is 13.5. The molecule has 0 spiro atoms. The van der Waals surface area contributed by atoms with Crippen LogP contribution in [0.3, 0.4) is 0 Å². The van der Waals surface area contributed by atoms with Gasteiger partial charge in [0.2, 0.25) is 5.56 Å². The number of hydrogen-bond acceptors (Lipinski definition) is 5. The fourth-order valence-corrected chi connectivity index (χ4v) is 3.47. The van der Waals surface area contributed by atoms with Gasteiger partial charge in [0.15, 0.2) is 5.76 Å². The van der Waals surface area contributed by atoms with Crippen LogP contribution in [0.15, 0.2) is 39.6 Å². The third-order valence-electron chi connectivity index (χ3n) is 4.88. The van der Waals surface area contributed by atoms with Crippen molar-refractivity contribution in [3.8, 4) is 11.3 Å². The molecular weight excluding hydrogens is 380 g/mol. The Hall–Kier alpha value is -2.90. The molecule has 1 aliphatic heterocycles. The molecule has 0 radical (unpaired) electrons. The van der Waals surface area contributed by atoms with Gasteiger partial charge >= 0.3 is 0 Å². The number of nitrogens with zero attached hydrogens (tertiary/aromatic N) is 1. The number of halogens is 1. The summed E-state index contributed by atoms with van der Waals surface area (Å²) in [6, 6.07) is 8.62. The predicted molar refractivity (Wildman–Crippen MR) is 105 cm³/mol. The van der Waals surface area contributed by atoms with Crippen LogP contribution in [0.5, 0.6) is 0 Å². The lowest BCUT2D eigenvalue weighted by Gasteiger charge is -2.19. The maximum Gasteiger partial charge on any atom is 0.252 e. The van der Waals surface area contributed by atoms with Gasteiger partial charge in [-0.2, -0.15) is 0 Å². The maximum atomic E-state index is 12.7. The van der Waals surface area contributed by atoms with Crippen LogP contribution < -0.4 is 16.2 Å². The number of pyridine rings is 1. The third kappa shape index (κ3) is 3.58. The Kier molecular flexibility index (Phi) is 5.02. The number of carbonyl (C=O) groups is 1. The van der Waals surface area contributed by atoms with Crippen molar-refractivity contribution < 1.29 is 9.32 Å². The van der Waals surface area contributed by atoms with Crippen LogP contribution in [-0.2, 0) is 19.5 Å². The molecule has 7 nitrogen and oxygen atoms in total. The fourth-order valence-electron chi connectivity index (χ4n) is 3.35. The number of aromatic nitrogens is 2. The minimum atomic E-state index is -0.304. The molecule has 0 saturated carbocycles. The number of fused-ring (bicyclic) bond motifs is 1. The van der Waals surface area contributed by atoms with Gasteiger partial charge in [0, 0.05) is 47.4 Å². The number of nitrogens with one attached hydrogen (secondary N) is 3. The summed E-state index contributed by atoms with van der Waals surface area (Å²) in [6.45, 7) is 3.43. The molecule has 0 aliphatic carbocycles. The van der Waals surface area contributed by atoms with E-state index in [-0.39, 0.29) is 18.0 Å². The zero-order chi connectivity index (χ0) is 19.7. The van der Waals surface area contributed by atoms with Crippen LogP contribution in [0.4, 0.5) is 0 Å². The average Bonchev–Trinajstić information content (AvgIpc) is 3.06. The number of amides is 1. The summed E-state index contributed by atoms with van der Waals surface area (Å²) in [5, 5.41) is 10.8. The Bertz CT molecular complexity index is 1090. The minimum Gasteiger partial charge on any atom is -0.356 e. The third-order valence-corrected chi connectivity index (χ3v) is 5.13. The molecule has 1 aromatic carbocycles. The molecule has 0 fully saturated rings. The Balaban J connectivity index is 1.53. The van der Waals surface area contributed by atoms with Crippen LogP contribution in [0.2, 0.25) is 5.02 Å². The fraction of sp³-hybridized carbons (Fsp3) is 0.250. The standard InChI is InChI=1S/C20H19ClN4O3/c1-11-17(25-28-19(11)12-2-4-13(21)5-3-12)10-23-20(27)14-8-18(26)24-16-6-7-22-9-15(14)16/h2-5,8,22H,6-7,9-10H2,1H3,(H,23,27)(H,24,26). The molecule has 1 amide bonds. The van der Waals surface area contributed by atoms with E-state index < -0.39 is 0 Å². The van der Waals surface area contributed by atoms with Gasteiger partial charge in [-0.05, 0) is 36.8 Å². The Morgan fingerprint density at radius 2 is 2.11 bits per heavy atom. The summed E-state index contributed by atoms with van der Waals surface area (Å²) >= 11 is 5.93. The van der Waals surface area contributed by atoms with Crippen molar-refractivity contribution in [3.05, 3.63) is 73.8 Å². The van der Waals surface area contributed by atoms with E-state index in [0.29, 0.717) is 35.0 Å². The highest BCUT2D eigenvalue weighted by atomic mass is 35.5. The van der Waals surface area contributed by atoms with Crippen molar-refractivity contribution in [2.75, 3.05) is 6.54 Å². The van der Waals surface area contributed by atoms with E-state index in [9.17, 15) is 9.59 Å². The van der Waals surface area contributed by atoms with Gasteiger partial charge < -0.3 is 20.1 Å². The van der Waals surface area contributed by atoms with E-state index in [1.54, 1.807) is 12.1 Å². The topological polar surface area (TPSA) is 100 Å². The van der Waals surface area contributed by atoms with Crippen LogP contribution in [0.25, 0.3) is 11.3 Å². The number of hydrogen-bond donors (Lipinski definition) is 3. The van der Waals surface area contributed by atoms with Crippen LogP contribution >= 0.6 is 11.6 Å². The van der Waals surface area contributed by atoms with E-state index in [1.165, 1.54) is 6.07 Å². The SMILES string of the molecule is Cc1c(CNC(=O)c2cc(=O)[nH]c3c2CNCC3)noc1-c1ccc(Cl)cc1. The Labute approximate surface area is 166 Å². The van der Waals surface area contributed by atoms with Crippen LogP contribution in [0.1, 0.15) is 32.9 Å². The van der Waals surface area contributed by atoms with Crippen molar-refractivity contribution in [2.24, 2.45) is 0 Å². The van der Waals surface area contributed by atoms with Gasteiger partial charge in [0.05, 0.1) is 12.1 Å². The monoisotopic (exact) mass is 398 g/mol. The maximum absolute atomic E-state index is 12.7. The highest BCUT2D eigenvalue weighted by Crippen LogP contribution is 2.27. The minimum absolute atomic E-state index is 0.205. The molecule has 3 heterocycles. The quantitative estimate of drug-likeness (QED) is 0.627. The summed E-state index contributed by atoms with van der Waals surface area (Å²) in [7, 11) is 0. The van der Waals surface area contributed by atoms with E-state index >= 15 is 0 Å². The summed E-state index contributed by atoms with van der Waals surface area (Å²) in [5.41, 5.74) is 4.12. The summed E-state index contributed by atoms with van der Waals surface area (Å²) in [5.74, 6) is 0.333. The van der Waals surface area contributed by atoms with Gasteiger partial charge in [-0.3, -0.25) is 9.59 Å². The predicted octanol–water partition coefficient (Wildman–Crippen LogP) is 2.57. The van der Waals surface area contributed by atoms with Crippen molar-refractivity contribution >= 4 is 17.5 Å². The van der Waals surface area contributed by atoms with Crippen LogP contribution in [-0.4, -0.2) is 22.6 Å². The molecule has 3 aromatic rings. The zero-order valence-electron chi connectivity index (χ0n) is 15.3. The van der Waals surface area contributed by atoms with Gasteiger partial charge in [-0.15, -0.1) is 0 Å². The van der Waals surface area contributed by atoms with Gasteiger partial charge in [-0.1, -0.05) is 16.8 Å². The van der Waals surface area contributed by atoms with Gasteiger partial charge in [-0.25, -0.2) is 0 Å². The molecular formula is C20H19ClN4O3. The molecule has 144 valence electrons. The first kappa shape index (κ1) is 18.5. The molecule has 8 heteroatoms. The highest BCUT2D eigenvalue weighted by molar-refractivity contribution is 6.30. The molecule has 0 atom stereocenters. The summed E-state index contributed by atoms with van der Waals surface area (Å²) in [6.07, 6.45) is 0.693. The van der Waals surface area contributed by atoms with Crippen LogP contribution in [0, 0.1) is 6.92 Å². The molecule has 28 heavy (non-hydrogen) atoms. The second-order valence-corrected chi connectivity index (χ2v) is 7.14. The van der Waals surface area contributed by atoms with Gasteiger partial charge in [0.1, 0.15) is 5.69 Å². The first-order valence-electron chi connectivity index (χ1n) is 8.98. The number of benzene rings is 1. The summed E-state index contributed by atoms with van der Waals surface area (Å²) < 4.78 is 5.46. The second kappa shape index (κ2) is 7.61. The summed E-state index contributed by atoms with van der Waals surface area (Å²) in [4.78, 5) is 27.4. The molecule has 0 unspecified atom stereocenters. The number of carbonyl (C=O) groups excluding carboxylic acids is 1. The smallest absolute Gasteiger partial charge is 0.252 e. The van der Waals surface area contributed by atoms with Crippen molar-refractivity contribution in [1.29, 1.82) is 0 Å². The van der Waals surface area contributed by atoms with Crippen molar-refractivity contribution in [1.82, 2.24) is 20.8 Å². The van der Waals surface area contributed by atoms with E-state index in [1.807, 2.05) is 19.1 Å². The van der Waals surface area contributed by atoms with E-state index in [0.717, 1.165) is 28.9 Å². The normalized spacial score (nSPS) is 13.2. The number of H-pyrrole nitrogens is 1.